The zero-order chi connectivity index (χ0) is 22.7. The van der Waals surface area contributed by atoms with Gasteiger partial charge in [-0.25, -0.2) is 4.98 Å². The molecule has 4 heterocycles. The summed E-state index contributed by atoms with van der Waals surface area (Å²) in [6.07, 6.45) is 9.80. The molecule has 4 aliphatic rings. The SMILES string of the molecule is c1ccc2c(c1)Cc1cc3c(cc1-2)-c1c(cc2c4c1Cc1cnccc1N4c1ncccc1C2)C3. The van der Waals surface area contributed by atoms with Gasteiger partial charge in [-0.15, -0.1) is 0 Å². The standard InChI is InChI=1S/C32H21N3/c1-2-6-25-18(4-1)10-20-12-21-13-22-14-23-11-19-5-3-8-34-32(19)35-29-7-9-33-17-24(29)15-28(31(23)35)30(22)27(21)16-26(20)25/h1-9,12,14,16-17H,10-11,13,15H2. The van der Waals surface area contributed by atoms with Crippen LogP contribution in [0.15, 0.2) is 79.3 Å². The van der Waals surface area contributed by atoms with Gasteiger partial charge in [-0.1, -0.05) is 42.5 Å². The van der Waals surface area contributed by atoms with E-state index in [1.165, 1.54) is 78.1 Å². The maximum absolute atomic E-state index is 4.86. The lowest BCUT2D eigenvalue weighted by Crippen LogP contribution is -2.26. The minimum absolute atomic E-state index is 0.917. The highest BCUT2D eigenvalue weighted by Gasteiger charge is 2.37. The summed E-state index contributed by atoms with van der Waals surface area (Å²) in [6.45, 7) is 0. The first kappa shape index (κ1) is 18.1. The van der Waals surface area contributed by atoms with E-state index in [1.54, 1.807) is 0 Å². The van der Waals surface area contributed by atoms with Crippen molar-refractivity contribution in [3.63, 3.8) is 0 Å². The van der Waals surface area contributed by atoms with E-state index in [4.69, 9.17) is 4.98 Å². The number of anilines is 3. The normalized spacial score (nSPS) is 14.9. The second-order valence-electron chi connectivity index (χ2n) is 10.3. The Labute approximate surface area is 203 Å². The first-order valence-electron chi connectivity index (χ1n) is 12.4. The molecule has 0 radical (unpaired) electrons. The highest BCUT2D eigenvalue weighted by atomic mass is 15.2. The van der Waals surface area contributed by atoms with Crippen LogP contribution in [-0.4, -0.2) is 9.97 Å². The van der Waals surface area contributed by atoms with E-state index in [0.717, 1.165) is 31.5 Å². The van der Waals surface area contributed by atoms with E-state index in [-0.39, 0.29) is 0 Å². The van der Waals surface area contributed by atoms with E-state index >= 15 is 0 Å². The summed E-state index contributed by atoms with van der Waals surface area (Å²) in [5, 5.41) is 0. The van der Waals surface area contributed by atoms with Gasteiger partial charge in [0.15, 0.2) is 0 Å². The second kappa shape index (κ2) is 6.25. The fourth-order valence-corrected chi connectivity index (χ4v) is 7.02. The molecule has 0 saturated carbocycles. The van der Waals surface area contributed by atoms with Gasteiger partial charge in [0.05, 0.1) is 11.4 Å². The smallest absolute Gasteiger partial charge is 0.141 e. The van der Waals surface area contributed by atoms with Gasteiger partial charge in [0.2, 0.25) is 0 Å². The second-order valence-corrected chi connectivity index (χ2v) is 10.3. The monoisotopic (exact) mass is 447 g/mol. The summed E-state index contributed by atoms with van der Waals surface area (Å²) >= 11 is 0. The molecule has 0 spiro atoms. The Morgan fingerprint density at radius 1 is 0.600 bits per heavy atom. The Bertz CT molecular complexity index is 1750. The molecule has 3 aromatic carbocycles. The molecular weight excluding hydrogens is 426 g/mol. The van der Waals surface area contributed by atoms with Crippen molar-refractivity contribution >= 4 is 17.2 Å². The van der Waals surface area contributed by atoms with Crippen LogP contribution in [0.5, 0.6) is 0 Å². The van der Waals surface area contributed by atoms with Crippen LogP contribution < -0.4 is 4.90 Å². The van der Waals surface area contributed by atoms with Gasteiger partial charge in [-0.3, -0.25) is 9.88 Å². The van der Waals surface area contributed by atoms with Gasteiger partial charge in [0.1, 0.15) is 5.82 Å². The van der Waals surface area contributed by atoms with Crippen molar-refractivity contribution < 1.29 is 0 Å². The van der Waals surface area contributed by atoms with Gasteiger partial charge in [-0.05, 0) is 97.8 Å². The zero-order valence-electron chi connectivity index (χ0n) is 19.2. The molecule has 9 rings (SSSR count). The van der Waals surface area contributed by atoms with Crippen molar-refractivity contribution in [1.29, 1.82) is 0 Å². The Morgan fingerprint density at radius 2 is 1.43 bits per heavy atom. The van der Waals surface area contributed by atoms with Crippen molar-refractivity contribution in [2.75, 3.05) is 4.90 Å². The van der Waals surface area contributed by atoms with Gasteiger partial charge < -0.3 is 0 Å². The van der Waals surface area contributed by atoms with Gasteiger partial charge in [0.25, 0.3) is 0 Å². The van der Waals surface area contributed by atoms with Gasteiger partial charge in [0, 0.05) is 31.4 Å². The predicted molar refractivity (Wildman–Crippen MR) is 139 cm³/mol. The molecule has 5 aromatic rings. The predicted octanol–water partition coefficient (Wildman–Crippen LogP) is 6.90. The van der Waals surface area contributed by atoms with Crippen molar-refractivity contribution in [1.82, 2.24) is 9.97 Å². The molecule has 2 aliphatic carbocycles. The van der Waals surface area contributed by atoms with Crippen LogP contribution in [0.25, 0.3) is 22.3 Å². The molecule has 35 heavy (non-hydrogen) atoms. The van der Waals surface area contributed by atoms with Crippen LogP contribution >= 0.6 is 0 Å². The highest BCUT2D eigenvalue weighted by molar-refractivity contribution is 5.96. The third-order valence-corrected chi connectivity index (χ3v) is 8.40. The van der Waals surface area contributed by atoms with E-state index in [0.29, 0.717) is 0 Å². The van der Waals surface area contributed by atoms with Crippen LogP contribution in [-0.2, 0) is 25.7 Å². The maximum atomic E-state index is 4.86. The van der Waals surface area contributed by atoms with Crippen LogP contribution in [0.2, 0.25) is 0 Å². The third-order valence-electron chi connectivity index (χ3n) is 8.40. The molecule has 3 nitrogen and oxygen atoms in total. The average molecular weight is 448 g/mol. The van der Waals surface area contributed by atoms with Crippen molar-refractivity contribution in [2.45, 2.75) is 25.7 Å². The molecule has 0 fully saturated rings. The van der Waals surface area contributed by atoms with Crippen LogP contribution in [0.4, 0.5) is 17.2 Å². The molecule has 3 heteroatoms. The third kappa shape index (κ3) is 2.26. The van der Waals surface area contributed by atoms with Gasteiger partial charge in [-0.2, -0.15) is 0 Å². The lowest BCUT2D eigenvalue weighted by molar-refractivity contribution is 0.971. The highest BCUT2D eigenvalue weighted by Crippen LogP contribution is 2.55. The molecule has 0 unspecified atom stereocenters. The summed E-state index contributed by atoms with van der Waals surface area (Å²) in [7, 11) is 0. The summed E-state index contributed by atoms with van der Waals surface area (Å²) in [5.74, 6) is 1.06. The minimum Gasteiger partial charge on any atom is -0.294 e. The first-order valence-corrected chi connectivity index (χ1v) is 12.4. The average Bonchev–Trinajstić information content (AvgIpc) is 3.44. The molecular formula is C32H21N3. The summed E-state index contributed by atoms with van der Waals surface area (Å²) < 4.78 is 0. The minimum atomic E-state index is 0.917. The number of hydrogen-bond acceptors (Lipinski definition) is 3. The largest absolute Gasteiger partial charge is 0.294 e. The number of rotatable bonds is 0. The summed E-state index contributed by atoms with van der Waals surface area (Å²) in [6, 6.07) is 22.8. The molecule has 0 N–H and O–H groups in total. The number of aromatic nitrogens is 2. The molecule has 164 valence electrons. The van der Waals surface area contributed by atoms with Crippen molar-refractivity contribution in [3.8, 4) is 22.3 Å². The number of benzene rings is 3. The Hall–Kier alpha value is -4.24. The molecule has 2 aromatic heterocycles. The Kier molecular flexibility index (Phi) is 3.24. The zero-order valence-corrected chi connectivity index (χ0v) is 19.2. The summed E-state index contributed by atoms with van der Waals surface area (Å²) in [4.78, 5) is 11.8. The quantitative estimate of drug-likeness (QED) is 0.253. The van der Waals surface area contributed by atoms with E-state index in [1.807, 2.05) is 18.6 Å². The van der Waals surface area contributed by atoms with Crippen LogP contribution in [0.1, 0.15) is 44.5 Å². The number of nitrogens with zero attached hydrogens (tertiary/aromatic N) is 3. The number of fused-ring (bicyclic) bond motifs is 11. The molecule has 2 aliphatic heterocycles. The lowest BCUT2D eigenvalue weighted by Gasteiger charge is -2.39. The van der Waals surface area contributed by atoms with E-state index in [2.05, 4.69) is 70.5 Å². The fourth-order valence-electron chi connectivity index (χ4n) is 7.02. The van der Waals surface area contributed by atoms with E-state index in [9.17, 15) is 0 Å². The lowest BCUT2D eigenvalue weighted by atomic mass is 9.83. The maximum Gasteiger partial charge on any atom is 0.141 e. The molecule has 0 bridgehead atoms. The molecule has 0 saturated heterocycles. The Morgan fingerprint density at radius 3 is 2.43 bits per heavy atom. The topological polar surface area (TPSA) is 29.0 Å². The van der Waals surface area contributed by atoms with Crippen molar-refractivity contribution in [2.24, 2.45) is 0 Å². The van der Waals surface area contributed by atoms with Crippen LogP contribution in [0.3, 0.4) is 0 Å². The van der Waals surface area contributed by atoms with Crippen molar-refractivity contribution in [3.05, 3.63) is 124 Å². The van der Waals surface area contributed by atoms with Crippen LogP contribution in [0, 0.1) is 0 Å². The number of pyridine rings is 2. The fraction of sp³-hybridized carbons (Fsp3) is 0.125. The van der Waals surface area contributed by atoms with E-state index < -0.39 is 0 Å². The van der Waals surface area contributed by atoms with Gasteiger partial charge >= 0.3 is 0 Å². The molecule has 0 amide bonds. The summed E-state index contributed by atoms with van der Waals surface area (Å²) in [5.41, 5.74) is 19.6. The number of hydrogen-bond donors (Lipinski definition) is 0. The Balaban J connectivity index is 1.33. The molecule has 0 atom stereocenters. The first-order chi connectivity index (χ1) is 17.3.